The van der Waals surface area contributed by atoms with E-state index in [1.54, 1.807) is 36.4 Å². The third-order valence-corrected chi connectivity index (χ3v) is 3.91. The Bertz CT molecular complexity index is 649. The van der Waals surface area contributed by atoms with E-state index in [1.165, 1.54) is 6.07 Å². The van der Waals surface area contributed by atoms with Gasteiger partial charge in [-0.1, -0.05) is 31.2 Å². The molecular formula is C19H23FN2O2. The number of amides is 1. The van der Waals surface area contributed by atoms with Gasteiger partial charge in [-0.25, -0.2) is 4.39 Å². The summed E-state index contributed by atoms with van der Waals surface area (Å²) in [7, 11) is 1.60. The molecule has 0 saturated heterocycles. The third-order valence-electron chi connectivity index (χ3n) is 3.91. The van der Waals surface area contributed by atoms with Gasteiger partial charge < -0.3 is 9.64 Å². The molecule has 0 aliphatic carbocycles. The summed E-state index contributed by atoms with van der Waals surface area (Å²) < 4.78 is 19.0. The largest absolute Gasteiger partial charge is 0.383 e. The monoisotopic (exact) mass is 330 g/mol. The molecule has 0 N–H and O–H groups in total. The minimum absolute atomic E-state index is 0.0338. The van der Waals surface area contributed by atoms with Gasteiger partial charge in [-0.15, -0.1) is 0 Å². The van der Waals surface area contributed by atoms with E-state index >= 15 is 0 Å². The number of hydrogen-bond acceptors (Lipinski definition) is 3. The number of rotatable bonds is 8. The highest BCUT2D eigenvalue weighted by Gasteiger charge is 2.20. The van der Waals surface area contributed by atoms with Gasteiger partial charge in [-0.05, 0) is 29.7 Å². The number of ether oxygens (including phenoxy) is 1. The van der Waals surface area contributed by atoms with Crippen molar-refractivity contribution >= 4 is 5.91 Å². The number of pyridine rings is 1. The molecule has 24 heavy (non-hydrogen) atoms. The topological polar surface area (TPSA) is 42.4 Å². The van der Waals surface area contributed by atoms with Crippen LogP contribution in [0, 0.1) is 5.82 Å². The van der Waals surface area contributed by atoms with E-state index < -0.39 is 0 Å². The van der Waals surface area contributed by atoms with Gasteiger partial charge in [0.25, 0.3) is 0 Å². The lowest BCUT2D eigenvalue weighted by atomic mass is 9.96. The summed E-state index contributed by atoms with van der Waals surface area (Å²) in [5.41, 5.74) is 1.39. The summed E-state index contributed by atoms with van der Waals surface area (Å²) in [6.45, 7) is 3.22. The zero-order chi connectivity index (χ0) is 17.4. The van der Waals surface area contributed by atoms with Crippen LogP contribution in [0.15, 0.2) is 48.7 Å². The molecule has 1 unspecified atom stereocenters. The Kier molecular flexibility index (Phi) is 6.88. The average molecular weight is 330 g/mol. The summed E-state index contributed by atoms with van der Waals surface area (Å²) in [4.78, 5) is 18.6. The molecule has 0 spiro atoms. The summed E-state index contributed by atoms with van der Waals surface area (Å²) in [5, 5.41) is 0. The fourth-order valence-corrected chi connectivity index (χ4v) is 2.56. The van der Waals surface area contributed by atoms with E-state index in [0.29, 0.717) is 25.3 Å². The number of aromatic nitrogens is 1. The van der Waals surface area contributed by atoms with Gasteiger partial charge in [0.2, 0.25) is 5.91 Å². The molecule has 1 atom stereocenters. The first-order valence-electron chi connectivity index (χ1n) is 8.03. The smallest absolute Gasteiger partial charge is 0.223 e. The molecule has 1 aromatic carbocycles. The van der Waals surface area contributed by atoms with Crippen LogP contribution >= 0.6 is 0 Å². The van der Waals surface area contributed by atoms with Crippen molar-refractivity contribution < 1.29 is 13.9 Å². The molecule has 2 rings (SSSR count). The first-order chi connectivity index (χ1) is 11.6. The second kappa shape index (κ2) is 9.13. The van der Waals surface area contributed by atoms with Crippen LogP contribution in [0.2, 0.25) is 0 Å². The highest BCUT2D eigenvalue weighted by atomic mass is 19.1. The lowest BCUT2D eigenvalue weighted by molar-refractivity contribution is -0.132. The van der Waals surface area contributed by atoms with Gasteiger partial charge >= 0.3 is 0 Å². The molecule has 128 valence electrons. The van der Waals surface area contributed by atoms with E-state index in [-0.39, 0.29) is 24.1 Å². The predicted molar refractivity (Wildman–Crippen MR) is 91.0 cm³/mol. The number of methoxy groups -OCH3 is 1. The second-order valence-electron chi connectivity index (χ2n) is 5.76. The maximum Gasteiger partial charge on any atom is 0.223 e. The lowest BCUT2D eigenvalue weighted by Crippen LogP contribution is -2.34. The van der Waals surface area contributed by atoms with Gasteiger partial charge in [-0.2, -0.15) is 0 Å². The molecule has 0 aliphatic heterocycles. The van der Waals surface area contributed by atoms with Crippen LogP contribution in [-0.2, 0) is 16.1 Å². The molecule has 1 amide bonds. The maximum atomic E-state index is 13.9. The zero-order valence-corrected chi connectivity index (χ0v) is 14.1. The Morgan fingerprint density at radius 3 is 2.67 bits per heavy atom. The average Bonchev–Trinajstić information content (AvgIpc) is 2.59. The zero-order valence-electron chi connectivity index (χ0n) is 14.1. The van der Waals surface area contributed by atoms with Crippen molar-refractivity contribution in [1.82, 2.24) is 9.88 Å². The SMILES string of the molecule is COCCN(Cc1ccccn1)C(=O)CC(C)c1ccccc1F. The summed E-state index contributed by atoms with van der Waals surface area (Å²) in [6, 6.07) is 12.2. The number of nitrogens with zero attached hydrogens (tertiary/aromatic N) is 2. The number of halogens is 1. The molecule has 0 bridgehead atoms. The van der Waals surface area contributed by atoms with E-state index in [2.05, 4.69) is 4.98 Å². The quantitative estimate of drug-likeness (QED) is 0.745. The molecule has 0 aliphatic rings. The summed E-state index contributed by atoms with van der Waals surface area (Å²) >= 11 is 0. The van der Waals surface area contributed by atoms with E-state index in [0.717, 1.165) is 5.69 Å². The van der Waals surface area contributed by atoms with Gasteiger partial charge in [-0.3, -0.25) is 9.78 Å². The van der Waals surface area contributed by atoms with E-state index in [4.69, 9.17) is 4.74 Å². The Morgan fingerprint density at radius 1 is 1.25 bits per heavy atom. The molecule has 5 heteroatoms. The van der Waals surface area contributed by atoms with Crippen molar-refractivity contribution in [1.29, 1.82) is 0 Å². The van der Waals surface area contributed by atoms with Crippen LogP contribution in [0.4, 0.5) is 4.39 Å². The fraction of sp³-hybridized carbons (Fsp3) is 0.368. The van der Waals surface area contributed by atoms with Crippen LogP contribution in [0.1, 0.15) is 30.5 Å². The van der Waals surface area contributed by atoms with Crippen LogP contribution in [-0.4, -0.2) is 36.1 Å². The van der Waals surface area contributed by atoms with Gasteiger partial charge in [0, 0.05) is 26.3 Å². The molecule has 0 saturated carbocycles. The minimum atomic E-state index is -0.272. The minimum Gasteiger partial charge on any atom is -0.383 e. The molecule has 0 fully saturated rings. The molecule has 0 radical (unpaired) electrons. The Balaban J connectivity index is 2.05. The normalized spacial score (nSPS) is 12.0. The van der Waals surface area contributed by atoms with Crippen molar-refractivity contribution in [2.45, 2.75) is 25.8 Å². The lowest BCUT2D eigenvalue weighted by Gasteiger charge is -2.24. The maximum absolute atomic E-state index is 13.9. The van der Waals surface area contributed by atoms with Gasteiger partial charge in [0.15, 0.2) is 0 Å². The first kappa shape index (κ1) is 18.1. The van der Waals surface area contributed by atoms with E-state index in [1.807, 2.05) is 25.1 Å². The number of carbonyl (C=O) groups is 1. The van der Waals surface area contributed by atoms with Crippen molar-refractivity contribution in [3.05, 3.63) is 65.7 Å². The van der Waals surface area contributed by atoms with Crippen LogP contribution in [0.3, 0.4) is 0 Å². The Labute approximate surface area is 142 Å². The van der Waals surface area contributed by atoms with Crippen LogP contribution in [0.5, 0.6) is 0 Å². The molecule has 2 aromatic rings. The standard InChI is InChI=1S/C19H23FN2O2/c1-15(17-8-3-4-9-18(17)20)13-19(23)22(11-12-24-2)14-16-7-5-6-10-21-16/h3-10,15H,11-14H2,1-2H3. The van der Waals surface area contributed by atoms with E-state index in [9.17, 15) is 9.18 Å². The summed E-state index contributed by atoms with van der Waals surface area (Å²) in [6.07, 6.45) is 1.95. The number of carbonyl (C=O) groups excluding carboxylic acids is 1. The Hall–Kier alpha value is -2.27. The predicted octanol–water partition coefficient (Wildman–Crippen LogP) is 3.39. The van der Waals surface area contributed by atoms with Crippen molar-refractivity contribution in [2.24, 2.45) is 0 Å². The number of benzene rings is 1. The van der Waals surface area contributed by atoms with Gasteiger partial charge in [0.05, 0.1) is 18.8 Å². The molecule has 1 aromatic heterocycles. The third kappa shape index (κ3) is 5.13. The van der Waals surface area contributed by atoms with Crippen molar-refractivity contribution in [2.75, 3.05) is 20.3 Å². The van der Waals surface area contributed by atoms with Gasteiger partial charge in [0.1, 0.15) is 5.82 Å². The van der Waals surface area contributed by atoms with Crippen molar-refractivity contribution in [3.8, 4) is 0 Å². The van der Waals surface area contributed by atoms with Crippen LogP contribution in [0.25, 0.3) is 0 Å². The van der Waals surface area contributed by atoms with Crippen molar-refractivity contribution in [3.63, 3.8) is 0 Å². The highest BCUT2D eigenvalue weighted by Crippen LogP contribution is 2.23. The summed E-state index contributed by atoms with van der Waals surface area (Å²) in [5.74, 6) is -0.494. The highest BCUT2D eigenvalue weighted by molar-refractivity contribution is 5.77. The molecule has 1 heterocycles. The Morgan fingerprint density at radius 2 is 2.00 bits per heavy atom. The van der Waals surface area contributed by atoms with Crippen LogP contribution < -0.4 is 0 Å². The fourth-order valence-electron chi connectivity index (χ4n) is 2.56. The number of hydrogen-bond donors (Lipinski definition) is 0. The molecular weight excluding hydrogens is 307 g/mol. The molecule has 4 nitrogen and oxygen atoms in total. The first-order valence-corrected chi connectivity index (χ1v) is 8.03. The second-order valence-corrected chi connectivity index (χ2v) is 5.76.